The third kappa shape index (κ3) is 6.19. The van der Waals surface area contributed by atoms with Gasteiger partial charge in [0.25, 0.3) is 0 Å². The number of carboxylic acids is 2. The molecule has 3 N–H and O–H groups in total. The second-order valence-corrected chi connectivity index (χ2v) is 2.93. The molecule has 0 bridgehead atoms. The Hall–Kier alpha value is -1.92. The number of rotatable bonds is 6. The molecule has 0 aromatic heterocycles. The quantitative estimate of drug-likeness (QED) is 0.491. The molecule has 7 heteroatoms. The van der Waals surface area contributed by atoms with Gasteiger partial charge in [-0.15, -0.1) is 0 Å². The van der Waals surface area contributed by atoms with Crippen molar-refractivity contribution in [2.75, 3.05) is 0 Å². The third-order valence-corrected chi connectivity index (χ3v) is 1.42. The van der Waals surface area contributed by atoms with Gasteiger partial charge >= 0.3 is 11.9 Å². The maximum Gasteiger partial charge on any atom is 0.326 e. The first-order chi connectivity index (χ1) is 6.82. The fourth-order valence-electron chi connectivity index (χ4n) is 0.846. The van der Waals surface area contributed by atoms with Crippen LogP contribution in [0.4, 0.5) is 0 Å². The smallest absolute Gasteiger partial charge is 0.326 e. The lowest BCUT2D eigenvalue weighted by atomic mass is 10.2. The number of amides is 1. The Morgan fingerprint density at radius 1 is 1.20 bits per heavy atom. The molecule has 0 saturated heterocycles. The molecule has 0 rings (SSSR count). The Labute approximate surface area is 85.1 Å². The van der Waals surface area contributed by atoms with E-state index in [2.05, 4.69) is 0 Å². The van der Waals surface area contributed by atoms with Crippen molar-refractivity contribution < 1.29 is 29.4 Å². The molecule has 1 amide bonds. The Bertz CT molecular complexity index is 298. The third-order valence-electron chi connectivity index (χ3n) is 1.42. The van der Waals surface area contributed by atoms with Gasteiger partial charge in [0.05, 0.1) is 12.8 Å². The highest BCUT2D eigenvalue weighted by Gasteiger charge is 2.23. The number of hydrogen-bond acceptors (Lipinski definition) is 4. The first-order valence-electron chi connectivity index (χ1n) is 4.06. The Kier molecular flexibility index (Phi) is 5.00. The molecule has 0 aromatic rings. The highest BCUT2D eigenvalue weighted by atomic mass is 16.4. The summed E-state index contributed by atoms with van der Waals surface area (Å²) in [5.41, 5.74) is 0. The standard InChI is InChI=1S/C8H11NO6/c1-4(10)2-6(11)9-5(8(14)15)3-7(12)13/h5H,2-3H2,1H3,(H,9,11)(H,12,13)(H,14,15)/t5-/m0/s1. The van der Waals surface area contributed by atoms with Gasteiger partial charge in [-0.2, -0.15) is 0 Å². The van der Waals surface area contributed by atoms with Crippen molar-refractivity contribution in [2.45, 2.75) is 25.8 Å². The molecule has 0 aromatic carbocycles. The van der Waals surface area contributed by atoms with Crippen molar-refractivity contribution in [1.82, 2.24) is 5.32 Å². The zero-order valence-corrected chi connectivity index (χ0v) is 8.02. The van der Waals surface area contributed by atoms with E-state index in [4.69, 9.17) is 10.2 Å². The highest BCUT2D eigenvalue weighted by Crippen LogP contribution is 1.94. The maximum atomic E-state index is 11.0. The number of nitrogens with one attached hydrogen (secondary N) is 1. The average Bonchev–Trinajstić information content (AvgIpc) is 1.99. The lowest BCUT2D eigenvalue weighted by Gasteiger charge is -2.11. The normalized spacial score (nSPS) is 11.5. The lowest BCUT2D eigenvalue weighted by molar-refractivity contribution is -0.147. The second kappa shape index (κ2) is 5.74. The first kappa shape index (κ1) is 13.1. The summed E-state index contributed by atoms with van der Waals surface area (Å²) in [6.07, 6.45) is -1.18. The van der Waals surface area contributed by atoms with Crippen molar-refractivity contribution in [3.8, 4) is 0 Å². The Morgan fingerprint density at radius 3 is 2.07 bits per heavy atom. The number of Topliss-reactive ketones (excluding diaryl/α,β-unsaturated/α-hetero) is 1. The van der Waals surface area contributed by atoms with Crippen LogP contribution in [0.15, 0.2) is 0 Å². The van der Waals surface area contributed by atoms with E-state index < -0.39 is 42.5 Å². The SMILES string of the molecule is CC(=O)CC(=O)N[C@@H](CC(=O)O)C(=O)O. The van der Waals surface area contributed by atoms with E-state index in [0.29, 0.717) is 0 Å². The largest absolute Gasteiger partial charge is 0.481 e. The van der Waals surface area contributed by atoms with Crippen molar-refractivity contribution in [3.05, 3.63) is 0 Å². The summed E-state index contributed by atoms with van der Waals surface area (Å²) in [5, 5.41) is 18.8. The van der Waals surface area contributed by atoms with Crippen molar-refractivity contribution in [2.24, 2.45) is 0 Å². The summed E-state index contributed by atoms with van der Waals surface area (Å²) < 4.78 is 0. The summed E-state index contributed by atoms with van der Waals surface area (Å²) in [6, 6.07) is -1.51. The van der Waals surface area contributed by atoms with Crippen LogP contribution in [-0.4, -0.2) is 39.9 Å². The molecular formula is C8H11NO6. The van der Waals surface area contributed by atoms with Crippen LogP contribution in [0.3, 0.4) is 0 Å². The van der Waals surface area contributed by atoms with Crippen LogP contribution < -0.4 is 5.32 Å². The number of hydrogen-bond donors (Lipinski definition) is 3. The van der Waals surface area contributed by atoms with Gasteiger partial charge in [-0.3, -0.25) is 14.4 Å². The van der Waals surface area contributed by atoms with Crippen LogP contribution in [-0.2, 0) is 19.2 Å². The highest BCUT2D eigenvalue weighted by molar-refractivity contribution is 5.98. The molecule has 0 aliphatic heterocycles. The predicted molar refractivity (Wildman–Crippen MR) is 47.1 cm³/mol. The number of carboxylic acid groups (broad SMARTS) is 2. The van der Waals surface area contributed by atoms with Gasteiger partial charge in [0, 0.05) is 0 Å². The molecule has 0 aliphatic carbocycles. The topological polar surface area (TPSA) is 121 Å². The van der Waals surface area contributed by atoms with Gasteiger partial charge in [0.1, 0.15) is 11.8 Å². The summed E-state index contributed by atoms with van der Waals surface area (Å²) in [4.78, 5) is 42.2. The molecule has 7 nitrogen and oxygen atoms in total. The molecular weight excluding hydrogens is 206 g/mol. The minimum atomic E-state index is -1.51. The van der Waals surface area contributed by atoms with Gasteiger partial charge in [0.15, 0.2) is 0 Å². The van der Waals surface area contributed by atoms with Gasteiger partial charge in [-0.1, -0.05) is 0 Å². The van der Waals surface area contributed by atoms with Crippen LogP contribution in [0.5, 0.6) is 0 Å². The van der Waals surface area contributed by atoms with E-state index in [1.807, 2.05) is 5.32 Å². The van der Waals surface area contributed by atoms with Crippen LogP contribution in [0, 0.1) is 0 Å². The summed E-state index contributed by atoms with van der Waals surface area (Å²) >= 11 is 0. The van der Waals surface area contributed by atoms with Crippen molar-refractivity contribution in [3.63, 3.8) is 0 Å². The molecule has 15 heavy (non-hydrogen) atoms. The van der Waals surface area contributed by atoms with Crippen LogP contribution in [0.25, 0.3) is 0 Å². The zero-order valence-electron chi connectivity index (χ0n) is 8.02. The Morgan fingerprint density at radius 2 is 1.73 bits per heavy atom. The summed E-state index contributed by atoms with van der Waals surface area (Å²) in [7, 11) is 0. The minimum absolute atomic E-state index is 0.424. The summed E-state index contributed by atoms with van der Waals surface area (Å²) in [6.45, 7) is 1.17. The first-order valence-corrected chi connectivity index (χ1v) is 4.06. The fourth-order valence-corrected chi connectivity index (χ4v) is 0.846. The molecule has 0 aliphatic rings. The van der Waals surface area contributed by atoms with Gasteiger partial charge in [-0.25, -0.2) is 4.79 Å². The van der Waals surface area contributed by atoms with E-state index in [1.165, 1.54) is 6.92 Å². The molecule has 0 saturated carbocycles. The molecule has 0 unspecified atom stereocenters. The number of aliphatic carboxylic acids is 2. The van der Waals surface area contributed by atoms with Crippen molar-refractivity contribution in [1.29, 1.82) is 0 Å². The predicted octanol–water partition coefficient (Wildman–Crippen LogP) is -0.990. The molecule has 0 spiro atoms. The van der Waals surface area contributed by atoms with E-state index in [-0.39, 0.29) is 0 Å². The number of carbonyl (C=O) groups is 4. The van der Waals surface area contributed by atoms with E-state index >= 15 is 0 Å². The lowest BCUT2D eigenvalue weighted by Crippen LogP contribution is -2.42. The van der Waals surface area contributed by atoms with Crippen LogP contribution >= 0.6 is 0 Å². The molecule has 0 radical (unpaired) electrons. The Balaban J connectivity index is 4.28. The maximum absolute atomic E-state index is 11.0. The molecule has 1 atom stereocenters. The molecule has 0 heterocycles. The molecule has 0 fully saturated rings. The number of ketones is 1. The second-order valence-electron chi connectivity index (χ2n) is 2.93. The van der Waals surface area contributed by atoms with E-state index in [9.17, 15) is 19.2 Å². The number of carbonyl (C=O) groups excluding carboxylic acids is 2. The van der Waals surface area contributed by atoms with Crippen LogP contribution in [0.1, 0.15) is 19.8 Å². The minimum Gasteiger partial charge on any atom is -0.481 e. The monoisotopic (exact) mass is 217 g/mol. The van der Waals surface area contributed by atoms with E-state index in [0.717, 1.165) is 0 Å². The average molecular weight is 217 g/mol. The fraction of sp³-hybridized carbons (Fsp3) is 0.500. The zero-order chi connectivity index (χ0) is 12.0. The van der Waals surface area contributed by atoms with Gasteiger partial charge < -0.3 is 15.5 Å². The van der Waals surface area contributed by atoms with Gasteiger partial charge in [-0.05, 0) is 6.92 Å². The van der Waals surface area contributed by atoms with Gasteiger partial charge in [0.2, 0.25) is 5.91 Å². The van der Waals surface area contributed by atoms with Crippen molar-refractivity contribution >= 4 is 23.6 Å². The van der Waals surface area contributed by atoms with E-state index in [1.54, 1.807) is 0 Å². The summed E-state index contributed by atoms with van der Waals surface area (Å²) in [5.74, 6) is -4.01. The molecule has 84 valence electrons. The van der Waals surface area contributed by atoms with Crippen LogP contribution in [0.2, 0.25) is 0 Å².